The van der Waals surface area contributed by atoms with Crippen LogP contribution in [0.5, 0.6) is 0 Å². The molecule has 2 N–H and O–H groups in total. The second kappa shape index (κ2) is 6.80. The number of carbonyl (C=O) groups excluding carboxylic acids is 1. The molecule has 6 heteroatoms. The lowest BCUT2D eigenvalue weighted by Gasteiger charge is -2.13. The Morgan fingerprint density at radius 3 is 2.83 bits per heavy atom. The van der Waals surface area contributed by atoms with Gasteiger partial charge in [-0.15, -0.1) is 0 Å². The van der Waals surface area contributed by atoms with Crippen LogP contribution in [0.3, 0.4) is 0 Å². The molecule has 0 radical (unpaired) electrons. The zero-order valence-corrected chi connectivity index (χ0v) is 10.5. The topological polar surface area (TPSA) is 80.6 Å². The lowest BCUT2D eigenvalue weighted by atomic mass is 10.2. The van der Waals surface area contributed by atoms with E-state index in [-0.39, 0.29) is 5.91 Å². The minimum atomic E-state index is -1.03. The number of ether oxygens (including phenoxy) is 1. The number of carboxylic acids is 1. The van der Waals surface area contributed by atoms with Crippen LogP contribution < -0.4 is 5.32 Å². The molecular weight excluding hydrogens is 236 g/mol. The zero-order chi connectivity index (χ0) is 13.5. The first-order valence-corrected chi connectivity index (χ1v) is 5.77. The first-order chi connectivity index (χ1) is 8.60. The quantitative estimate of drug-likeness (QED) is 0.751. The fraction of sp³-hybridized carbons (Fsp3) is 0.500. The lowest BCUT2D eigenvalue weighted by molar-refractivity contribution is -0.139. The smallest absolute Gasteiger partial charge is 0.326 e. The summed E-state index contributed by atoms with van der Waals surface area (Å²) in [6, 6.07) is 2.54. The normalized spacial score (nSPS) is 12.1. The number of hydrogen-bond acceptors (Lipinski definition) is 3. The average Bonchev–Trinajstić information content (AvgIpc) is 2.80. The summed E-state index contributed by atoms with van der Waals surface area (Å²) in [5.41, 5.74) is 0.437. The van der Waals surface area contributed by atoms with Crippen LogP contribution in [0.15, 0.2) is 18.3 Å². The van der Waals surface area contributed by atoms with Crippen molar-refractivity contribution < 1.29 is 19.4 Å². The molecule has 0 aliphatic carbocycles. The van der Waals surface area contributed by atoms with Crippen LogP contribution >= 0.6 is 0 Å². The second-order valence-electron chi connectivity index (χ2n) is 3.85. The van der Waals surface area contributed by atoms with Crippen molar-refractivity contribution >= 4 is 11.9 Å². The molecule has 6 nitrogen and oxygen atoms in total. The van der Waals surface area contributed by atoms with Gasteiger partial charge in [0.2, 0.25) is 0 Å². The number of nitrogens with one attached hydrogen (secondary N) is 1. The molecule has 0 spiro atoms. The summed E-state index contributed by atoms with van der Waals surface area (Å²) < 4.78 is 6.67. The van der Waals surface area contributed by atoms with Gasteiger partial charge in [0.15, 0.2) is 0 Å². The van der Waals surface area contributed by atoms with E-state index in [4.69, 9.17) is 9.84 Å². The summed E-state index contributed by atoms with van der Waals surface area (Å²) in [6.07, 6.45) is 2.11. The Bertz CT molecular complexity index is 414. The molecule has 0 fully saturated rings. The Labute approximate surface area is 106 Å². The van der Waals surface area contributed by atoms with Crippen molar-refractivity contribution in [3.8, 4) is 0 Å². The molecule has 0 saturated carbocycles. The first kappa shape index (κ1) is 14.2. The molecule has 1 rings (SSSR count). The number of carboxylic acid groups (broad SMARTS) is 1. The number of methoxy groups -OCH3 is 1. The fourth-order valence-corrected chi connectivity index (χ4v) is 1.58. The highest BCUT2D eigenvalue weighted by Gasteiger charge is 2.20. The van der Waals surface area contributed by atoms with Crippen LogP contribution in [0.2, 0.25) is 0 Å². The van der Waals surface area contributed by atoms with Gasteiger partial charge in [-0.1, -0.05) is 6.92 Å². The maximum atomic E-state index is 11.9. The zero-order valence-electron chi connectivity index (χ0n) is 10.5. The number of hydrogen-bond donors (Lipinski definition) is 2. The monoisotopic (exact) mass is 254 g/mol. The Balaban J connectivity index is 2.71. The van der Waals surface area contributed by atoms with Gasteiger partial charge >= 0.3 is 5.97 Å². The van der Waals surface area contributed by atoms with Crippen LogP contribution in [0.1, 0.15) is 23.8 Å². The largest absolute Gasteiger partial charge is 0.480 e. The number of amides is 1. The van der Waals surface area contributed by atoms with E-state index in [1.165, 1.54) is 0 Å². The molecule has 0 aliphatic rings. The number of aliphatic carboxylic acids is 1. The summed E-state index contributed by atoms with van der Waals surface area (Å²) >= 11 is 0. The maximum absolute atomic E-state index is 11.9. The predicted octanol–water partition coefficient (Wildman–Crippen LogP) is 0.728. The summed E-state index contributed by atoms with van der Waals surface area (Å²) in [6.45, 7) is 2.75. The predicted molar refractivity (Wildman–Crippen MR) is 65.5 cm³/mol. The van der Waals surface area contributed by atoms with E-state index in [1.54, 1.807) is 36.9 Å². The maximum Gasteiger partial charge on any atom is 0.326 e. The lowest BCUT2D eigenvalue weighted by Crippen LogP contribution is -2.41. The Morgan fingerprint density at radius 2 is 2.28 bits per heavy atom. The van der Waals surface area contributed by atoms with Crippen LogP contribution in [-0.4, -0.2) is 41.3 Å². The molecule has 1 atom stereocenters. The highest BCUT2D eigenvalue weighted by molar-refractivity contribution is 5.95. The minimum absolute atomic E-state index is 0.347. The van der Waals surface area contributed by atoms with Crippen molar-refractivity contribution in [2.24, 2.45) is 0 Å². The molecule has 0 unspecified atom stereocenters. The Morgan fingerprint density at radius 1 is 1.56 bits per heavy atom. The standard InChI is InChI=1S/C12H18N2O4/c1-3-9(12(16)17)13-11(15)10-5-4-6-14(10)7-8-18-2/h4-6,9H,3,7-8H2,1-2H3,(H,13,15)(H,16,17)/t9-/m0/s1. The molecule has 0 saturated heterocycles. The van der Waals surface area contributed by atoms with Crippen molar-refractivity contribution in [2.75, 3.05) is 13.7 Å². The van der Waals surface area contributed by atoms with E-state index in [1.807, 2.05) is 0 Å². The number of aromatic nitrogens is 1. The first-order valence-electron chi connectivity index (χ1n) is 5.77. The highest BCUT2D eigenvalue weighted by atomic mass is 16.5. The van der Waals surface area contributed by atoms with Crippen molar-refractivity contribution in [1.82, 2.24) is 9.88 Å². The van der Waals surface area contributed by atoms with Gasteiger partial charge in [0.05, 0.1) is 6.61 Å². The van der Waals surface area contributed by atoms with Gasteiger partial charge in [0, 0.05) is 19.9 Å². The van der Waals surface area contributed by atoms with E-state index in [0.29, 0.717) is 25.3 Å². The summed E-state index contributed by atoms with van der Waals surface area (Å²) in [7, 11) is 1.58. The van der Waals surface area contributed by atoms with E-state index in [0.717, 1.165) is 0 Å². The fourth-order valence-electron chi connectivity index (χ4n) is 1.58. The molecule has 1 aromatic rings. The van der Waals surface area contributed by atoms with E-state index < -0.39 is 12.0 Å². The van der Waals surface area contributed by atoms with Gasteiger partial charge in [-0.25, -0.2) is 4.79 Å². The summed E-state index contributed by atoms with van der Waals surface area (Å²) in [5, 5.41) is 11.4. The minimum Gasteiger partial charge on any atom is -0.480 e. The SMILES string of the molecule is CC[C@H](NC(=O)c1cccn1CCOC)C(=O)O. The Kier molecular flexibility index (Phi) is 5.38. The van der Waals surface area contributed by atoms with E-state index >= 15 is 0 Å². The van der Waals surface area contributed by atoms with Crippen LogP contribution in [0.4, 0.5) is 0 Å². The van der Waals surface area contributed by atoms with Crippen molar-refractivity contribution in [3.63, 3.8) is 0 Å². The molecule has 100 valence electrons. The Hall–Kier alpha value is -1.82. The van der Waals surface area contributed by atoms with Crippen LogP contribution in [-0.2, 0) is 16.1 Å². The number of nitrogens with zero attached hydrogens (tertiary/aromatic N) is 1. The van der Waals surface area contributed by atoms with Gasteiger partial charge in [-0.05, 0) is 18.6 Å². The van der Waals surface area contributed by atoms with Crippen molar-refractivity contribution in [2.45, 2.75) is 25.9 Å². The molecule has 0 aliphatic heterocycles. The molecule has 1 amide bonds. The van der Waals surface area contributed by atoms with Gasteiger partial charge in [-0.3, -0.25) is 4.79 Å². The third-order valence-corrected chi connectivity index (χ3v) is 2.61. The van der Waals surface area contributed by atoms with E-state index in [9.17, 15) is 9.59 Å². The summed E-state index contributed by atoms with van der Waals surface area (Å²) in [4.78, 5) is 22.8. The van der Waals surface area contributed by atoms with Gasteiger partial charge < -0.3 is 19.7 Å². The summed E-state index contributed by atoms with van der Waals surface area (Å²) in [5.74, 6) is -1.41. The molecule has 1 heterocycles. The third kappa shape index (κ3) is 3.59. The molecular formula is C12H18N2O4. The third-order valence-electron chi connectivity index (χ3n) is 2.61. The second-order valence-corrected chi connectivity index (χ2v) is 3.85. The van der Waals surface area contributed by atoms with Crippen LogP contribution in [0.25, 0.3) is 0 Å². The van der Waals surface area contributed by atoms with Gasteiger partial charge in [-0.2, -0.15) is 0 Å². The van der Waals surface area contributed by atoms with Gasteiger partial charge in [0.1, 0.15) is 11.7 Å². The number of rotatable bonds is 7. The van der Waals surface area contributed by atoms with E-state index in [2.05, 4.69) is 5.32 Å². The van der Waals surface area contributed by atoms with Crippen molar-refractivity contribution in [3.05, 3.63) is 24.0 Å². The molecule has 0 aromatic carbocycles. The molecule has 0 bridgehead atoms. The van der Waals surface area contributed by atoms with Gasteiger partial charge in [0.25, 0.3) is 5.91 Å². The molecule has 18 heavy (non-hydrogen) atoms. The average molecular weight is 254 g/mol. The van der Waals surface area contributed by atoms with Crippen LogP contribution in [0, 0.1) is 0 Å². The highest BCUT2D eigenvalue weighted by Crippen LogP contribution is 2.04. The molecule has 1 aromatic heterocycles. The number of carbonyl (C=O) groups is 2. The van der Waals surface area contributed by atoms with Crippen molar-refractivity contribution in [1.29, 1.82) is 0 Å².